The first-order valence-corrected chi connectivity index (χ1v) is 4.66. The van der Waals surface area contributed by atoms with E-state index in [-0.39, 0.29) is 12.4 Å². The Morgan fingerprint density at radius 2 is 1.88 bits per heavy atom. The summed E-state index contributed by atoms with van der Waals surface area (Å²) in [5.41, 5.74) is 1.60. The monoisotopic (exact) mass is 238 g/mol. The van der Waals surface area contributed by atoms with Crippen molar-refractivity contribution in [3.63, 3.8) is 0 Å². The van der Waals surface area contributed by atoms with Crippen LogP contribution in [0.4, 0.5) is 0 Å². The van der Waals surface area contributed by atoms with Crippen molar-refractivity contribution >= 4 is 25.0 Å². The molecule has 0 saturated carbocycles. The molecular weight excluding hydrogens is 226 g/mol. The lowest BCUT2D eigenvalue weighted by Gasteiger charge is -2.04. The van der Waals surface area contributed by atoms with Crippen molar-refractivity contribution in [3.05, 3.63) is 48.5 Å². The summed E-state index contributed by atoms with van der Waals surface area (Å²) in [6.07, 6.45) is 5.36. The Kier molecular flexibility index (Phi) is 4.55. The van der Waals surface area contributed by atoms with E-state index in [1.54, 1.807) is 24.7 Å². The normalized spacial score (nSPS) is 9.62. The molecule has 16 heavy (non-hydrogen) atoms. The van der Waals surface area contributed by atoms with Gasteiger partial charge in [-0.2, -0.15) is 0 Å². The number of imidazole rings is 1. The summed E-state index contributed by atoms with van der Waals surface area (Å²) in [7, 11) is -1.40. The molecule has 0 fully saturated rings. The summed E-state index contributed by atoms with van der Waals surface area (Å²) in [6, 6.07) is 7.15. The second-order valence-corrected chi connectivity index (χ2v) is 3.35. The number of hydrogen-bond donors (Lipinski definition) is 2. The van der Waals surface area contributed by atoms with E-state index in [2.05, 4.69) is 4.98 Å². The minimum Gasteiger partial charge on any atom is -0.423 e. The van der Waals surface area contributed by atoms with Gasteiger partial charge in [-0.05, 0) is 11.0 Å². The number of hydrogen-bond acceptors (Lipinski definition) is 3. The summed E-state index contributed by atoms with van der Waals surface area (Å²) in [5, 5.41) is 17.8. The molecule has 84 valence electrons. The van der Waals surface area contributed by atoms with Gasteiger partial charge in [-0.3, -0.25) is 0 Å². The van der Waals surface area contributed by atoms with Crippen LogP contribution in [-0.4, -0.2) is 26.7 Å². The maximum atomic E-state index is 8.91. The first kappa shape index (κ1) is 12.8. The molecule has 0 spiro atoms. The Bertz CT molecular complexity index is 417. The van der Waals surface area contributed by atoms with E-state index >= 15 is 0 Å². The molecule has 0 radical (unpaired) electrons. The number of nitrogens with zero attached hydrogens (tertiary/aromatic N) is 2. The van der Waals surface area contributed by atoms with Crippen LogP contribution in [0.25, 0.3) is 0 Å². The summed E-state index contributed by atoms with van der Waals surface area (Å²) in [4.78, 5) is 3.95. The molecule has 6 heteroatoms. The van der Waals surface area contributed by atoms with Crippen LogP contribution < -0.4 is 5.46 Å². The van der Waals surface area contributed by atoms with Gasteiger partial charge >= 0.3 is 7.12 Å². The van der Waals surface area contributed by atoms with Crippen molar-refractivity contribution in [1.82, 2.24) is 9.55 Å². The minimum absolute atomic E-state index is 0. The molecule has 0 amide bonds. The molecule has 0 aliphatic rings. The maximum Gasteiger partial charge on any atom is 0.488 e. The number of rotatable bonds is 3. The van der Waals surface area contributed by atoms with E-state index in [4.69, 9.17) is 10.0 Å². The van der Waals surface area contributed by atoms with Crippen LogP contribution in [0.15, 0.2) is 43.0 Å². The highest BCUT2D eigenvalue weighted by atomic mass is 35.5. The first-order chi connectivity index (χ1) is 7.25. The molecule has 2 aromatic rings. The maximum absolute atomic E-state index is 8.91. The molecule has 0 bridgehead atoms. The average Bonchev–Trinajstić information content (AvgIpc) is 2.71. The average molecular weight is 238 g/mol. The van der Waals surface area contributed by atoms with Crippen LogP contribution in [0.1, 0.15) is 5.56 Å². The van der Waals surface area contributed by atoms with Gasteiger partial charge < -0.3 is 14.6 Å². The summed E-state index contributed by atoms with van der Waals surface area (Å²) in [5.74, 6) is 0. The number of halogens is 1. The van der Waals surface area contributed by atoms with Gasteiger partial charge in [0.25, 0.3) is 0 Å². The van der Waals surface area contributed by atoms with Crippen molar-refractivity contribution in [1.29, 1.82) is 0 Å². The third-order valence-corrected chi connectivity index (χ3v) is 2.20. The molecule has 1 heterocycles. The van der Waals surface area contributed by atoms with Gasteiger partial charge in [0.2, 0.25) is 0 Å². The topological polar surface area (TPSA) is 58.3 Å². The van der Waals surface area contributed by atoms with Gasteiger partial charge in [0.1, 0.15) is 0 Å². The SMILES string of the molecule is Cl.OB(O)c1ccc(Cn2ccnc2)cc1. The predicted octanol–water partition coefficient (Wildman–Crippen LogP) is 0.0330. The molecule has 1 aromatic heterocycles. The van der Waals surface area contributed by atoms with E-state index in [1.807, 2.05) is 22.9 Å². The fraction of sp³-hybridized carbons (Fsp3) is 0.100. The van der Waals surface area contributed by atoms with Crippen LogP contribution >= 0.6 is 12.4 Å². The number of benzene rings is 1. The Morgan fingerprint density at radius 1 is 1.19 bits per heavy atom. The molecular formula is C10H12BClN2O2. The highest BCUT2D eigenvalue weighted by Crippen LogP contribution is 2.00. The quantitative estimate of drug-likeness (QED) is 0.742. The van der Waals surface area contributed by atoms with E-state index < -0.39 is 7.12 Å². The summed E-state index contributed by atoms with van der Waals surface area (Å²) < 4.78 is 1.95. The Morgan fingerprint density at radius 3 is 2.38 bits per heavy atom. The van der Waals surface area contributed by atoms with Crippen LogP contribution in [-0.2, 0) is 6.54 Å². The van der Waals surface area contributed by atoms with Crippen LogP contribution in [0, 0.1) is 0 Å². The Hall–Kier alpha value is -1.30. The second kappa shape index (κ2) is 5.70. The largest absolute Gasteiger partial charge is 0.488 e. The van der Waals surface area contributed by atoms with Gasteiger partial charge in [-0.25, -0.2) is 4.98 Å². The van der Waals surface area contributed by atoms with Crippen LogP contribution in [0.3, 0.4) is 0 Å². The van der Waals surface area contributed by atoms with Gasteiger partial charge in [-0.15, -0.1) is 12.4 Å². The molecule has 0 unspecified atom stereocenters. The molecule has 0 saturated heterocycles. The summed E-state index contributed by atoms with van der Waals surface area (Å²) in [6.45, 7) is 0.738. The summed E-state index contributed by atoms with van der Waals surface area (Å²) >= 11 is 0. The van der Waals surface area contributed by atoms with Crippen LogP contribution in [0.2, 0.25) is 0 Å². The predicted molar refractivity (Wildman–Crippen MR) is 64.8 cm³/mol. The van der Waals surface area contributed by atoms with E-state index in [1.165, 1.54) is 0 Å². The van der Waals surface area contributed by atoms with Gasteiger partial charge in [0.15, 0.2) is 0 Å². The van der Waals surface area contributed by atoms with Gasteiger partial charge in [0, 0.05) is 18.9 Å². The molecule has 0 atom stereocenters. The van der Waals surface area contributed by atoms with E-state index in [9.17, 15) is 0 Å². The van der Waals surface area contributed by atoms with E-state index in [0.717, 1.165) is 12.1 Å². The highest BCUT2D eigenvalue weighted by Gasteiger charge is 2.09. The van der Waals surface area contributed by atoms with Gasteiger partial charge in [-0.1, -0.05) is 24.3 Å². The molecule has 1 aromatic carbocycles. The third-order valence-electron chi connectivity index (χ3n) is 2.20. The fourth-order valence-electron chi connectivity index (χ4n) is 1.39. The molecule has 2 N–H and O–H groups in total. The zero-order valence-corrected chi connectivity index (χ0v) is 9.34. The van der Waals surface area contributed by atoms with Crippen LogP contribution in [0.5, 0.6) is 0 Å². The van der Waals surface area contributed by atoms with Crippen molar-refractivity contribution < 1.29 is 10.0 Å². The fourth-order valence-corrected chi connectivity index (χ4v) is 1.39. The zero-order chi connectivity index (χ0) is 10.7. The lowest BCUT2D eigenvalue weighted by molar-refractivity contribution is 0.426. The third kappa shape index (κ3) is 3.10. The minimum atomic E-state index is -1.40. The molecule has 2 rings (SSSR count). The van der Waals surface area contributed by atoms with Gasteiger partial charge in [0.05, 0.1) is 6.33 Å². The Labute approximate surface area is 100 Å². The highest BCUT2D eigenvalue weighted by molar-refractivity contribution is 6.58. The molecule has 0 aliphatic carbocycles. The zero-order valence-electron chi connectivity index (χ0n) is 8.52. The lowest BCUT2D eigenvalue weighted by atomic mass is 9.80. The Balaban J connectivity index is 0.00000128. The molecule has 0 aliphatic heterocycles. The first-order valence-electron chi connectivity index (χ1n) is 4.66. The second-order valence-electron chi connectivity index (χ2n) is 3.35. The van der Waals surface area contributed by atoms with Crippen molar-refractivity contribution in [3.8, 4) is 0 Å². The smallest absolute Gasteiger partial charge is 0.423 e. The van der Waals surface area contributed by atoms with Crippen molar-refractivity contribution in [2.45, 2.75) is 6.54 Å². The van der Waals surface area contributed by atoms with Crippen molar-refractivity contribution in [2.24, 2.45) is 0 Å². The van der Waals surface area contributed by atoms with E-state index in [0.29, 0.717) is 5.46 Å². The van der Waals surface area contributed by atoms with Crippen molar-refractivity contribution in [2.75, 3.05) is 0 Å². The number of aromatic nitrogens is 2. The lowest BCUT2D eigenvalue weighted by Crippen LogP contribution is -2.29. The molecule has 4 nitrogen and oxygen atoms in total. The standard InChI is InChI=1S/C10H11BN2O2.ClH/c14-11(15)10-3-1-9(2-4-10)7-13-6-5-12-8-13;/h1-6,8,14-15H,7H2;1H.